The van der Waals surface area contributed by atoms with Crippen molar-refractivity contribution in [1.29, 1.82) is 0 Å². The van der Waals surface area contributed by atoms with Gasteiger partial charge in [0.15, 0.2) is 11.5 Å². The Bertz CT molecular complexity index is 1300. The summed E-state index contributed by atoms with van der Waals surface area (Å²) in [5.41, 5.74) is 3.21. The molecule has 0 saturated carbocycles. The number of methoxy groups -OCH3 is 1. The Morgan fingerprint density at radius 3 is 2.37 bits per heavy atom. The quantitative estimate of drug-likeness (QED) is 0.159. The third kappa shape index (κ3) is 5.89. The number of carbonyl (C=O) groups is 2. The summed E-state index contributed by atoms with van der Waals surface area (Å²) in [6, 6.07) is 21.6. The molecule has 1 amide bonds. The summed E-state index contributed by atoms with van der Waals surface area (Å²) in [7, 11) is 1.59. The van der Waals surface area contributed by atoms with Crippen LogP contribution in [0.15, 0.2) is 78.4 Å². The van der Waals surface area contributed by atoms with Gasteiger partial charge in [0.1, 0.15) is 12.4 Å². The number of benzene rings is 3. The van der Waals surface area contributed by atoms with Gasteiger partial charge < -0.3 is 24.2 Å². The van der Waals surface area contributed by atoms with Crippen molar-refractivity contribution in [2.45, 2.75) is 32.9 Å². The van der Waals surface area contributed by atoms with Crippen LogP contribution in [0.3, 0.4) is 0 Å². The zero-order valence-corrected chi connectivity index (χ0v) is 22.0. The van der Waals surface area contributed by atoms with Gasteiger partial charge in [0, 0.05) is 25.8 Å². The molecule has 1 aliphatic heterocycles. The monoisotopic (exact) mass is 515 g/mol. The van der Waals surface area contributed by atoms with Crippen molar-refractivity contribution in [3.05, 3.63) is 101 Å². The second-order valence-corrected chi connectivity index (χ2v) is 9.12. The Balaban J connectivity index is 1.75. The highest BCUT2D eigenvalue weighted by Gasteiger charge is 2.46. The molecular formula is C31H33NO6. The van der Waals surface area contributed by atoms with Crippen molar-refractivity contribution in [3.63, 3.8) is 0 Å². The van der Waals surface area contributed by atoms with Gasteiger partial charge in [-0.2, -0.15) is 0 Å². The number of rotatable bonds is 11. The molecule has 3 aromatic carbocycles. The lowest BCUT2D eigenvalue weighted by atomic mass is 9.94. The lowest BCUT2D eigenvalue weighted by Crippen LogP contribution is -2.31. The Morgan fingerprint density at radius 2 is 1.68 bits per heavy atom. The summed E-state index contributed by atoms with van der Waals surface area (Å²) in [5, 5.41) is 11.3. The highest BCUT2D eigenvalue weighted by Crippen LogP contribution is 2.42. The van der Waals surface area contributed by atoms with Crippen molar-refractivity contribution < 1.29 is 28.9 Å². The molecule has 7 nitrogen and oxygen atoms in total. The number of carbonyl (C=O) groups excluding carboxylic acids is 2. The first-order chi connectivity index (χ1) is 18.4. The summed E-state index contributed by atoms with van der Waals surface area (Å²) in [6.07, 6.45) is 0.543. The van der Waals surface area contributed by atoms with Crippen LogP contribution >= 0.6 is 0 Å². The average Bonchev–Trinajstić information content (AvgIpc) is 3.18. The second kappa shape index (κ2) is 12.4. The first-order valence-corrected chi connectivity index (χ1v) is 12.7. The van der Waals surface area contributed by atoms with Crippen molar-refractivity contribution in [2.75, 3.05) is 26.9 Å². The number of Topliss-reactive ketones (excluding diaryl/α,β-unsaturated/α-hetero) is 1. The molecule has 7 heteroatoms. The third-order valence-electron chi connectivity index (χ3n) is 6.43. The lowest BCUT2D eigenvalue weighted by Gasteiger charge is -2.26. The number of ether oxygens (including phenoxy) is 3. The van der Waals surface area contributed by atoms with Gasteiger partial charge in [-0.25, -0.2) is 0 Å². The van der Waals surface area contributed by atoms with Gasteiger partial charge in [0.2, 0.25) is 0 Å². The molecule has 0 bridgehead atoms. The van der Waals surface area contributed by atoms with Crippen LogP contribution in [0.5, 0.6) is 11.5 Å². The summed E-state index contributed by atoms with van der Waals surface area (Å²) < 4.78 is 17.1. The molecule has 1 saturated heterocycles. The predicted molar refractivity (Wildman–Crippen MR) is 145 cm³/mol. The van der Waals surface area contributed by atoms with E-state index in [1.165, 1.54) is 4.90 Å². The maximum absolute atomic E-state index is 13.3. The van der Waals surface area contributed by atoms with E-state index < -0.39 is 17.7 Å². The molecule has 4 rings (SSSR count). The summed E-state index contributed by atoms with van der Waals surface area (Å²) >= 11 is 0. The minimum absolute atomic E-state index is 0.0525. The third-order valence-corrected chi connectivity index (χ3v) is 6.43. The van der Waals surface area contributed by atoms with E-state index in [1.807, 2.05) is 62.4 Å². The first-order valence-electron chi connectivity index (χ1n) is 12.7. The number of aliphatic hydroxyl groups excluding tert-OH is 1. The SMILES string of the molecule is CCOc1cc(C2C(=C(O)c3ccc(C)cc3)C(=O)C(=O)N2CCCOC)ccc1OCc1ccccc1. The zero-order valence-electron chi connectivity index (χ0n) is 22.0. The lowest BCUT2D eigenvalue weighted by molar-refractivity contribution is -0.140. The average molecular weight is 516 g/mol. The molecule has 1 unspecified atom stereocenters. The Hall–Kier alpha value is -4.10. The van der Waals surface area contributed by atoms with Gasteiger partial charge in [-0.1, -0.05) is 66.2 Å². The van der Waals surface area contributed by atoms with Crippen LogP contribution in [-0.2, 0) is 20.9 Å². The number of nitrogens with zero attached hydrogens (tertiary/aromatic N) is 1. The zero-order chi connectivity index (χ0) is 27.1. The number of ketones is 1. The topological polar surface area (TPSA) is 85.3 Å². The minimum Gasteiger partial charge on any atom is -0.507 e. The van der Waals surface area contributed by atoms with Crippen LogP contribution in [0.1, 0.15) is 41.6 Å². The number of aryl methyl sites for hydroxylation is 1. The molecule has 0 radical (unpaired) electrons. The standard InChI is InChI=1S/C31H33NO6/c1-4-37-26-19-24(15-16-25(26)38-20-22-9-6-5-7-10-22)28-27(29(33)23-13-11-21(2)12-14-23)30(34)31(35)32(28)17-8-18-36-3/h5-7,9-16,19,28,33H,4,8,17-18,20H2,1-3H3. The summed E-state index contributed by atoms with van der Waals surface area (Å²) in [5.74, 6) is -0.520. The molecule has 198 valence electrons. The molecule has 38 heavy (non-hydrogen) atoms. The predicted octanol–water partition coefficient (Wildman–Crippen LogP) is 5.43. The Kier molecular flexibility index (Phi) is 8.81. The van der Waals surface area contributed by atoms with Crippen molar-refractivity contribution in [3.8, 4) is 11.5 Å². The van der Waals surface area contributed by atoms with E-state index in [2.05, 4.69) is 0 Å². The molecule has 1 heterocycles. The normalized spacial score (nSPS) is 16.6. The smallest absolute Gasteiger partial charge is 0.295 e. The van der Waals surface area contributed by atoms with Gasteiger partial charge in [-0.3, -0.25) is 9.59 Å². The van der Waals surface area contributed by atoms with E-state index in [9.17, 15) is 14.7 Å². The molecule has 0 aromatic heterocycles. The number of hydrogen-bond acceptors (Lipinski definition) is 6. The maximum atomic E-state index is 13.3. The molecular weight excluding hydrogens is 482 g/mol. The van der Waals surface area contributed by atoms with Crippen LogP contribution in [0, 0.1) is 6.92 Å². The van der Waals surface area contributed by atoms with E-state index in [0.29, 0.717) is 55.4 Å². The number of hydrogen-bond donors (Lipinski definition) is 1. The summed E-state index contributed by atoms with van der Waals surface area (Å²) in [4.78, 5) is 27.9. The van der Waals surface area contributed by atoms with E-state index >= 15 is 0 Å². The molecule has 1 atom stereocenters. The summed E-state index contributed by atoms with van der Waals surface area (Å²) in [6.45, 7) is 5.32. The van der Waals surface area contributed by atoms with Crippen LogP contribution in [-0.4, -0.2) is 48.6 Å². The highest BCUT2D eigenvalue weighted by molar-refractivity contribution is 6.46. The Morgan fingerprint density at radius 1 is 0.947 bits per heavy atom. The fourth-order valence-electron chi connectivity index (χ4n) is 4.52. The van der Waals surface area contributed by atoms with E-state index in [-0.39, 0.29) is 11.3 Å². The van der Waals surface area contributed by atoms with Crippen molar-refractivity contribution >= 4 is 17.4 Å². The molecule has 1 aliphatic rings. The van der Waals surface area contributed by atoms with Crippen LogP contribution in [0.4, 0.5) is 0 Å². The number of aliphatic hydroxyl groups is 1. The molecule has 1 N–H and O–H groups in total. The molecule has 0 spiro atoms. The van der Waals surface area contributed by atoms with Gasteiger partial charge in [0.05, 0.1) is 18.2 Å². The fourth-order valence-corrected chi connectivity index (χ4v) is 4.52. The van der Waals surface area contributed by atoms with Crippen LogP contribution in [0.2, 0.25) is 0 Å². The van der Waals surface area contributed by atoms with Gasteiger partial charge in [-0.05, 0) is 43.5 Å². The largest absolute Gasteiger partial charge is 0.507 e. The van der Waals surface area contributed by atoms with Crippen LogP contribution in [0.25, 0.3) is 5.76 Å². The maximum Gasteiger partial charge on any atom is 0.295 e. The molecule has 1 fully saturated rings. The molecule has 3 aromatic rings. The highest BCUT2D eigenvalue weighted by atomic mass is 16.5. The minimum atomic E-state index is -0.782. The van der Waals surface area contributed by atoms with Gasteiger partial charge in [0.25, 0.3) is 11.7 Å². The Labute approximate surface area is 223 Å². The van der Waals surface area contributed by atoms with E-state index in [1.54, 1.807) is 31.4 Å². The number of amides is 1. The van der Waals surface area contributed by atoms with Crippen LogP contribution < -0.4 is 9.47 Å². The number of likely N-dealkylation sites (tertiary alicyclic amines) is 1. The van der Waals surface area contributed by atoms with E-state index in [0.717, 1.165) is 11.1 Å². The second-order valence-electron chi connectivity index (χ2n) is 9.12. The van der Waals surface area contributed by atoms with E-state index in [4.69, 9.17) is 14.2 Å². The van der Waals surface area contributed by atoms with Gasteiger partial charge >= 0.3 is 0 Å². The van der Waals surface area contributed by atoms with Crippen molar-refractivity contribution in [1.82, 2.24) is 4.90 Å². The van der Waals surface area contributed by atoms with Crippen molar-refractivity contribution in [2.24, 2.45) is 0 Å². The fraction of sp³-hybridized carbons (Fsp3) is 0.290. The first kappa shape index (κ1) is 26.9. The molecule has 0 aliphatic carbocycles. The van der Waals surface area contributed by atoms with Gasteiger partial charge in [-0.15, -0.1) is 0 Å².